The van der Waals surface area contributed by atoms with E-state index in [-0.39, 0.29) is 0 Å². The average Bonchev–Trinajstić information content (AvgIpc) is 3.26. The van der Waals surface area contributed by atoms with Crippen LogP contribution < -0.4 is 5.32 Å². The smallest absolute Gasteiger partial charge is 0.0894 e. The van der Waals surface area contributed by atoms with Gasteiger partial charge in [-0.1, -0.05) is 49.4 Å². The SMILES string of the molecule is CCC1NCC(c2cc3ccccc3[nH]2)c2ccc(-c3cnc4ccccc4n3)cc21. The third-order valence-electron chi connectivity index (χ3n) is 6.48. The Labute approximate surface area is 181 Å². The lowest BCUT2D eigenvalue weighted by molar-refractivity contribution is 0.465. The van der Waals surface area contributed by atoms with Crippen molar-refractivity contribution in [2.24, 2.45) is 0 Å². The van der Waals surface area contributed by atoms with E-state index in [2.05, 4.69) is 70.7 Å². The second kappa shape index (κ2) is 7.33. The number of benzene rings is 3. The van der Waals surface area contributed by atoms with Gasteiger partial charge < -0.3 is 10.3 Å². The van der Waals surface area contributed by atoms with E-state index in [1.165, 1.54) is 27.7 Å². The quantitative estimate of drug-likeness (QED) is 0.390. The second-order valence-electron chi connectivity index (χ2n) is 8.32. The van der Waals surface area contributed by atoms with E-state index in [4.69, 9.17) is 4.98 Å². The normalized spacial score (nSPS) is 18.4. The zero-order chi connectivity index (χ0) is 20.8. The Morgan fingerprint density at radius 2 is 1.74 bits per heavy atom. The van der Waals surface area contributed by atoms with Crippen molar-refractivity contribution in [3.63, 3.8) is 0 Å². The van der Waals surface area contributed by atoms with Crippen LogP contribution in [0.25, 0.3) is 33.2 Å². The third kappa shape index (κ3) is 3.11. The van der Waals surface area contributed by atoms with Gasteiger partial charge >= 0.3 is 0 Å². The fraction of sp³-hybridized carbons (Fsp3) is 0.185. The minimum Gasteiger partial charge on any atom is -0.358 e. The molecule has 0 spiro atoms. The third-order valence-corrected chi connectivity index (χ3v) is 6.48. The molecule has 0 radical (unpaired) electrons. The van der Waals surface area contributed by atoms with Crippen LogP contribution >= 0.6 is 0 Å². The Kier molecular flexibility index (Phi) is 4.32. The van der Waals surface area contributed by atoms with E-state index in [1.54, 1.807) is 0 Å². The summed E-state index contributed by atoms with van der Waals surface area (Å²) < 4.78 is 0. The van der Waals surface area contributed by atoms with Gasteiger partial charge in [0.05, 0.1) is 22.9 Å². The molecule has 6 rings (SSSR count). The van der Waals surface area contributed by atoms with Crippen LogP contribution in [0.4, 0.5) is 0 Å². The molecule has 2 unspecified atom stereocenters. The fourth-order valence-electron chi connectivity index (χ4n) is 4.85. The van der Waals surface area contributed by atoms with E-state index in [1.807, 2.05) is 30.5 Å². The highest BCUT2D eigenvalue weighted by Gasteiger charge is 2.28. The molecule has 0 aliphatic carbocycles. The van der Waals surface area contributed by atoms with Crippen molar-refractivity contribution < 1.29 is 0 Å². The van der Waals surface area contributed by atoms with Crippen LogP contribution in [0.15, 0.2) is 79.0 Å². The Morgan fingerprint density at radius 1 is 0.903 bits per heavy atom. The van der Waals surface area contributed by atoms with Crippen molar-refractivity contribution in [3.05, 3.63) is 95.8 Å². The predicted octanol–water partition coefficient (Wildman–Crippen LogP) is 5.96. The Hall–Kier alpha value is -3.50. The molecule has 3 aromatic carbocycles. The van der Waals surface area contributed by atoms with Crippen molar-refractivity contribution in [2.45, 2.75) is 25.3 Å². The number of rotatable bonds is 3. The van der Waals surface area contributed by atoms with Gasteiger partial charge in [0, 0.05) is 35.3 Å². The molecule has 5 aromatic rings. The predicted molar refractivity (Wildman–Crippen MR) is 126 cm³/mol. The number of nitrogens with one attached hydrogen (secondary N) is 2. The Balaban J connectivity index is 1.45. The molecule has 31 heavy (non-hydrogen) atoms. The summed E-state index contributed by atoms with van der Waals surface area (Å²) >= 11 is 0. The van der Waals surface area contributed by atoms with E-state index < -0.39 is 0 Å². The summed E-state index contributed by atoms with van der Waals surface area (Å²) in [6, 6.07) is 26.0. The minimum absolute atomic E-state index is 0.307. The number of aromatic nitrogens is 3. The highest BCUT2D eigenvalue weighted by molar-refractivity contribution is 5.81. The molecule has 1 aliphatic heterocycles. The van der Waals surface area contributed by atoms with E-state index in [0.29, 0.717) is 12.0 Å². The topological polar surface area (TPSA) is 53.6 Å². The maximum Gasteiger partial charge on any atom is 0.0894 e. The van der Waals surface area contributed by atoms with Gasteiger partial charge in [0.2, 0.25) is 0 Å². The monoisotopic (exact) mass is 404 g/mol. The van der Waals surface area contributed by atoms with Crippen LogP contribution in [0.3, 0.4) is 0 Å². The Bertz CT molecular complexity index is 1370. The summed E-state index contributed by atoms with van der Waals surface area (Å²) in [6.07, 6.45) is 2.94. The molecule has 4 nitrogen and oxygen atoms in total. The maximum absolute atomic E-state index is 4.86. The Morgan fingerprint density at radius 3 is 2.61 bits per heavy atom. The lowest BCUT2D eigenvalue weighted by Gasteiger charge is -2.32. The number of hydrogen-bond donors (Lipinski definition) is 2. The van der Waals surface area contributed by atoms with Crippen molar-refractivity contribution in [3.8, 4) is 11.3 Å². The number of hydrogen-bond acceptors (Lipinski definition) is 3. The lowest BCUT2D eigenvalue weighted by Crippen LogP contribution is -2.33. The van der Waals surface area contributed by atoms with Crippen LogP contribution in [0, 0.1) is 0 Å². The van der Waals surface area contributed by atoms with Crippen molar-refractivity contribution in [2.75, 3.05) is 6.54 Å². The molecule has 0 saturated heterocycles. The number of para-hydroxylation sites is 3. The molecule has 0 saturated carbocycles. The molecule has 1 aliphatic rings. The molecule has 2 aromatic heterocycles. The largest absolute Gasteiger partial charge is 0.358 e. The average molecular weight is 405 g/mol. The van der Waals surface area contributed by atoms with Crippen molar-refractivity contribution in [1.29, 1.82) is 0 Å². The van der Waals surface area contributed by atoms with Gasteiger partial charge in [0.25, 0.3) is 0 Å². The van der Waals surface area contributed by atoms with E-state index >= 15 is 0 Å². The standard InChI is InChI=1S/C27H24N4/c1-2-22-20-13-18(27-16-29-24-9-5-6-10-25(24)31-27)11-12-19(20)21(15-28-22)26-14-17-7-3-4-8-23(17)30-26/h3-14,16,21-22,28,30H,2,15H2,1H3. The van der Waals surface area contributed by atoms with Gasteiger partial charge in [-0.3, -0.25) is 4.98 Å². The number of fused-ring (bicyclic) bond motifs is 3. The molecule has 0 fully saturated rings. The summed E-state index contributed by atoms with van der Waals surface area (Å²) in [5, 5.41) is 5.03. The molecule has 2 N–H and O–H groups in total. The van der Waals surface area contributed by atoms with Crippen LogP contribution in [0.2, 0.25) is 0 Å². The maximum atomic E-state index is 4.86. The molecule has 152 valence electrons. The van der Waals surface area contributed by atoms with Crippen LogP contribution in [-0.2, 0) is 0 Å². The van der Waals surface area contributed by atoms with Gasteiger partial charge in [-0.05, 0) is 53.3 Å². The van der Waals surface area contributed by atoms with Gasteiger partial charge in [-0.25, -0.2) is 4.98 Å². The van der Waals surface area contributed by atoms with Gasteiger partial charge in [-0.2, -0.15) is 0 Å². The highest BCUT2D eigenvalue weighted by atomic mass is 14.9. The first-order chi connectivity index (χ1) is 15.3. The summed E-state index contributed by atoms with van der Waals surface area (Å²) in [7, 11) is 0. The molecule has 2 atom stereocenters. The van der Waals surface area contributed by atoms with Gasteiger partial charge in [-0.15, -0.1) is 0 Å². The number of nitrogens with zero attached hydrogens (tertiary/aromatic N) is 2. The molecular formula is C27H24N4. The molecule has 4 heteroatoms. The first-order valence-corrected chi connectivity index (χ1v) is 11.0. The first kappa shape index (κ1) is 18.3. The summed E-state index contributed by atoms with van der Waals surface area (Å²) in [5.74, 6) is 0.307. The summed E-state index contributed by atoms with van der Waals surface area (Å²) in [6.45, 7) is 3.18. The van der Waals surface area contributed by atoms with Crippen molar-refractivity contribution >= 4 is 21.9 Å². The van der Waals surface area contributed by atoms with Crippen LogP contribution in [-0.4, -0.2) is 21.5 Å². The van der Waals surface area contributed by atoms with Gasteiger partial charge in [0.1, 0.15) is 0 Å². The van der Waals surface area contributed by atoms with Crippen LogP contribution in [0.5, 0.6) is 0 Å². The fourth-order valence-corrected chi connectivity index (χ4v) is 4.85. The van der Waals surface area contributed by atoms with E-state index in [9.17, 15) is 0 Å². The van der Waals surface area contributed by atoms with E-state index in [0.717, 1.165) is 35.3 Å². The zero-order valence-electron chi connectivity index (χ0n) is 17.5. The molecular weight excluding hydrogens is 380 g/mol. The molecule has 0 bridgehead atoms. The second-order valence-corrected chi connectivity index (χ2v) is 8.32. The van der Waals surface area contributed by atoms with Crippen molar-refractivity contribution in [1.82, 2.24) is 20.3 Å². The highest BCUT2D eigenvalue weighted by Crippen LogP contribution is 2.38. The first-order valence-electron chi connectivity index (χ1n) is 11.0. The molecule has 3 heterocycles. The number of aromatic amines is 1. The lowest BCUT2D eigenvalue weighted by atomic mass is 9.83. The van der Waals surface area contributed by atoms with Crippen LogP contribution in [0.1, 0.15) is 42.1 Å². The minimum atomic E-state index is 0.307. The molecule has 0 amide bonds. The van der Waals surface area contributed by atoms with Gasteiger partial charge in [0.15, 0.2) is 0 Å². The zero-order valence-corrected chi connectivity index (χ0v) is 17.5. The summed E-state index contributed by atoms with van der Waals surface area (Å²) in [5.41, 5.74) is 9.12. The number of H-pyrrole nitrogens is 1. The summed E-state index contributed by atoms with van der Waals surface area (Å²) in [4.78, 5) is 13.1.